The molecule has 18 heavy (non-hydrogen) atoms. The molecule has 100 valence electrons. The normalized spacial score (nSPS) is 10.4. The van der Waals surface area contributed by atoms with Gasteiger partial charge in [-0.05, 0) is 6.07 Å². The number of halogens is 1. The van der Waals surface area contributed by atoms with Crippen LogP contribution in [0.2, 0.25) is 0 Å². The number of hydrogen-bond donors (Lipinski definition) is 1. The fourth-order valence-corrected chi connectivity index (χ4v) is 1.54. The van der Waals surface area contributed by atoms with Crippen LogP contribution in [0.5, 0.6) is 0 Å². The molecule has 0 aliphatic rings. The van der Waals surface area contributed by atoms with Gasteiger partial charge in [0.05, 0.1) is 29.9 Å². The zero-order chi connectivity index (χ0) is 13.5. The Morgan fingerprint density at radius 1 is 1.50 bits per heavy atom. The Morgan fingerprint density at radius 3 is 2.72 bits per heavy atom. The van der Waals surface area contributed by atoms with Gasteiger partial charge in [-0.1, -0.05) is 0 Å². The van der Waals surface area contributed by atoms with E-state index in [0.29, 0.717) is 13.2 Å². The van der Waals surface area contributed by atoms with Gasteiger partial charge in [-0.3, -0.25) is 10.1 Å². The summed E-state index contributed by atoms with van der Waals surface area (Å²) in [4.78, 5) is 11.4. The summed E-state index contributed by atoms with van der Waals surface area (Å²) in [5.74, 6) is -0.686. The number of nitro groups is 1. The molecule has 0 amide bonds. The SMILES string of the molecule is COCCN(CCO)c1ccc([N+](=O)[O-])cc1F. The number of rotatable bonds is 7. The van der Waals surface area contributed by atoms with Gasteiger partial charge in [0.15, 0.2) is 5.82 Å². The second kappa shape index (κ2) is 6.87. The molecule has 1 aromatic carbocycles. The highest BCUT2D eigenvalue weighted by Gasteiger charge is 2.15. The number of non-ortho nitro benzene ring substituents is 1. The predicted octanol–water partition coefficient (Wildman–Crippen LogP) is 1.18. The van der Waals surface area contributed by atoms with Crippen molar-refractivity contribution in [3.8, 4) is 0 Å². The first-order valence-corrected chi connectivity index (χ1v) is 5.38. The van der Waals surface area contributed by atoms with Crippen molar-refractivity contribution in [2.24, 2.45) is 0 Å². The molecule has 1 N–H and O–H groups in total. The van der Waals surface area contributed by atoms with E-state index in [1.165, 1.54) is 19.2 Å². The molecule has 0 bridgehead atoms. The van der Waals surface area contributed by atoms with Crippen molar-refractivity contribution in [3.05, 3.63) is 34.1 Å². The summed E-state index contributed by atoms with van der Waals surface area (Å²) in [5.41, 5.74) is -0.0846. The summed E-state index contributed by atoms with van der Waals surface area (Å²) in [6, 6.07) is 3.43. The second-order valence-electron chi connectivity index (χ2n) is 3.60. The van der Waals surface area contributed by atoms with Crippen molar-refractivity contribution in [1.82, 2.24) is 0 Å². The molecular weight excluding hydrogens is 243 g/mol. The van der Waals surface area contributed by atoms with E-state index in [2.05, 4.69) is 0 Å². The minimum atomic E-state index is -0.686. The van der Waals surface area contributed by atoms with Gasteiger partial charge >= 0.3 is 0 Å². The van der Waals surface area contributed by atoms with Gasteiger partial charge in [0, 0.05) is 26.3 Å². The predicted molar refractivity (Wildman–Crippen MR) is 64.2 cm³/mol. The van der Waals surface area contributed by atoms with Crippen molar-refractivity contribution in [2.75, 3.05) is 38.3 Å². The molecule has 7 heteroatoms. The molecule has 0 aromatic heterocycles. The first-order chi connectivity index (χ1) is 8.60. The maximum Gasteiger partial charge on any atom is 0.272 e. The van der Waals surface area contributed by atoms with Crippen LogP contribution in [-0.2, 0) is 4.74 Å². The number of aliphatic hydroxyl groups excluding tert-OH is 1. The minimum absolute atomic E-state index is 0.139. The van der Waals surface area contributed by atoms with Crippen LogP contribution in [0.15, 0.2) is 18.2 Å². The highest BCUT2D eigenvalue weighted by atomic mass is 19.1. The molecule has 0 unspecified atom stereocenters. The van der Waals surface area contributed by atoms with Gasteiger partial charge in [-0.2, -0.15) is 0 Å². The number of nitro benzene ring substituents is 1. The quantitative estimate of drug-likeness (QED) is 0.587. The van der Waals surface area contributed by atoms with Gasteiger partial charge in [0.25, 0.3) is 5.69 Å². The van der Waals surface area contributed by atoms with Gasteiger partial charge in [-0.25, -0.2) is 4.39 Å². The van der Waals surface area contributed by atoms with E-state index in [0.717, 1.165) is 6.07 Å². The first kappa shape index (κ1) is 14.3. The molecule has 0 aliphatic heterocycles. The standard InChI is InChI=1S/C11H15FN2O4/c1-18-7-5-13(4-6-15)11-3-2-9(14(16)17)8-10(11)12/h2-3,8,15H,4-7H2,1H3. The van der Waals surface area contributed by atoms with Gasteiger partial charge in [-0.15, -0.1) is 0 Å². The number of methoxy groups -OCH3 is 1. The van der Waals surface area contributed by atoms with Gasteiger partial charge in [0.1, 0.15) is 0 Å². The van der Waals surface area contributed by atoms with Crippen LogP contribution in [0.3, 0.4) is 0 Å². The maximum absolute atomic E-state index is 13.7. The van der Waals surface area contributed by atoms with Crippen LogP contribution < -0.4 is 4.90 Å². The fraction of sp³-hybridized carbons (Fsp3) is 0.455. The smallest absolute Gasteiger partial charge is 0.272 e. The fourth-order valence-electron chi connectivity index (χ4n) is 1.54. The Labute approximate surface area is 104 Å². The van der Waals surface area contributed by atoms with Crippen molar-refractivity contribution in [2.45, 2.75) is 0 Å². The Morgan fingerprint density at radius 2 is 2.22 bits per heavy atom. The molecule has 0 atom stereocenters. The molecule has 0 spiro atoms. The van der Waals surface area contributed by atoms with Crippen LogP contribution in [0, 0.1) is 15.9 Å². The zero-order valence-electron chi connectivity index (χ0n) is 10.0. The number of anilines is 1. The maximum atomic E-state index is 13.7. The third-order valence-corrected chi connectivity index (χ3v) is 2.42. The molecule has 0 fully saturated rings. The van der Waals surface area contributed by atoms with Crippen LogP contribution in [0.4, 0.5) is 15.8 Å². The van der Waals surface area contributed by atoms with Gasteiger partial charge < -0.3 is 14.7 Å². The average molecular weight is 258 g/mol. The first-order valence-electron chi connectivity index (χ1n) is 5.38. The van der Waals surface area contributed by atoms with E-state index in [4.69, 9.17) is 9.84 Å². The van der Waals surface area contributed by atoms with E-state index in [1.807, 2.05) is 0 Å². The lowest BCUT2D eigenvalue weighted by molar-refractivity contribution is -0.385. The average Bonchev–Trinajstić information content (AvgIpc) is 2.34. The molecular formula is C11H15FN2O4. The molecule has 6 nitrogen and oxygen atoms in total. The third kappa shape index (κ3) is 3.64. The summed E-state index contributed by atoms with van der Waals surface area (Å²) < 4.78 is 18.6. The van der Waals surface area contributed by atoms with E-state index < -0.39 is 10.7 Å². The monoisotopic (exact) mass is 258 g/mol. The van der Waals surface area contributed by atoms with Crippen molar-refractivity contribution in [1.29, 1.82) is 0 Å². The van der Waals surface area contributed by atoms with E-state index in [1.54, 1.807) is 4.90 Å². The van der Waals surface area contributed by atoms with Crippen LogP contribution in [0.1, 0.15) is 0 Å². The highest BCUT2D eigenvalue weighted by Crippen LogP contribution is 2.23. The molecule has 1 aromatic rings. The Hall–Kier alpha value is -1.73. The summed E-state index contributed by atoms with van der Waals surface area (Å²) >= 11 is 0. The number of ether oxygens (including phenoxy) is 1. The molecule has 0 radical (unpaired) electrons. The molecule has 0 saturated heterocycles. The summed E-state index contributed by atoms with van der Waals surface area (Å²) in [6.07, 6.45) is 0. The minimum Gasteiger partial charge on any atom is -0.395 e. The Balaban J connectivity index is 2.93. The van der Waals surface area contributed by atoms with E-state index in [9.17, 15) is 14.5 Å². The van der Waals surface area contributed by atoms with Crippen molar-refractivity contribution in [3.63, 3.8) is 0 Å². The lowest BCUT2D eigenvalue weighted by Crippen LogP contribution is -2.30. The highest BCUT2D eigenvalue weighted by molar-refractivity contribution is 5.52. The lowest BCUT2D eigenvalue weighted by atomic mass is 10.2. The number of benzene rings is 1. The molecule has 0 saturated carbocycles. The molecule has 0 aliphatic carbocycles. The van der Waals surface area contributed by atoms with Crippen LogP contribution in [0.25, 0.3) is 0 Å². The Kier molecular flexibility index (Phi) is 5.47. The van der Waals surface area contributed by atoms with E-state index in [-0.39, 0.29) is 24.5 Å². The number of aliphatic hydroxyl groups is 1. The van der Waals surface area contributed by atoms with Crippen molar-refractivity contribution >= 4 is 11.4 Å². The molecule has 0 heterocycles. The summed E-state index contributed by atoms with van der Waals surface area (Å²) in [7, 11) is 1.52. The topological polar surface area (TPSA) is 75.8 Å². The lowest BCUT2D eigenvalue weighted by Gasteiger charge is -2.23. The largest absolute Gasteiger partial charge is 0.395 e. The van der Waals surface area contributed by atoms with Crippen LogP contribution in [-0.4, -0.2) is 43.4 Å². The number of hydrogen-bond acceptors (Lipinski definition) is 5. The van der Waals surface area contributed by atoms with Crippen LogP contribution >= 0.6 is 0 Å². The summed E-state index contributed by atoms with van der Waals surface area (Å²) in [6.45, 7) is 0.862. The van der Waals surface area contributed by atoms with Gasteiger partial charge in [0.2, 0.25) is 0 Å². The Bertz CT molecular complexity index is 414. The summed E-state index contributed by atoms with van der Waals surface area (Å²) in [5, 5.41) is 19.4. The number of nitrogens with zero attached hydrogens (tertiary/aromatic N) is 2. The molecule has 1 rings (SSSR count). The second-order valence-corrected chi connectivity index (χ2v) is 3.60. The zero-order valence-corrected chi connectivity index (χ0v) is 10.0. The van der Waals surface area contributed by atoms with E-state index >= 15 is 0 Å². The van der Waals surface area contributed by atoms with Crippen molar-refractivity contribution < 1.29 is 19.2 Å². The third-order valence-electron chi connectivity index (χ3n) is 2.42.